The molecule has 0 radical (unpaired) electrons. The molecular formula is C17H25NO3. The molecule has 2 bridgehead atoms. The van der Waals surface area contributed by atoms with Crippen molar-refractivity contribution in [3.63, 3.8) is 0 Å². The van der Waals surface area contributed by atoms with Gasteiger partial charge in [0, 0.05) is 13.2 Å². The molecule has 4 rings (SSSR count). The topological polar surface area (TPSA) is 57.6 Å². The number of nitrogens with zero attached hydrogens (tertiary/aromatic N) is 1. The van der Waals surface area contributed by atoms with Crippen LogP contribution in [0.15, 0.2) is 0 Å². The zero-order valence-corrected chi connectivity index (χ0v) is 12.5. The van der Waals surface area contributed by atoms with Crippen molar-refractivity contribution in [3.05, 3.63) is 0 Å². The van der Waals surface area contributed by atoms with Crippen molar-refractivity contribution in [1.82, 2.24) is 4.90 Å². The molecule has 3 aliphatic carbocycles. The Morgan fingerprint density at radius 3 is 2.05 bits per heavy atom. The molecule has 0 aromatic heterocycles. The number of fused-ring (bicyclic) bond motifs is 5. The van der Waals surface area contributed by atoms with Crippen LogP contribution in [0.5, 0.6) is 0 Å². The highest BCUT2D eigenvalue weighted by atomic mass is 16.3. The van der Waals surface area contributed by atoms with Crippen molar-refractivity contribution in [3.8, 4) is 0 Å². The van der Waals surface area contributed by atoms with E-state index in [-0.39, 0.29) is 36.2 Å². The van der Waals surface area contributed by atoms with E-state index in [9.17, 15) is 14.7 Å². The Morgan fingerprint density at radius 1 is 0.905 bits per heavy atom. The van der Waals surface area contributed by atoms with E-state index in [1.165, 1.54) is 6.42 Å². The second-order valence-corrected chi connectivity index (χ2v) is 7.66. The number of hydrogen-bond donors (Lipinski definition) is 1. The summed E-state index contributed by atoms with van der Waals surface area (Å²) in [7, 11) is 0. The standard InChI is InChI=1S/C17H25NO3/c19-9-13-4-2-1-3-12(13)8-18-16(20)14-10-5-6-11(7-10)15(14)17(18)21/h10-15,19H,1-9H2/t10-,11-,12?,13+,14-,15+/m1/s1. The minimum absolute atomic E-state index is 0.00687. The molecule has 1 saturated heterocycles. The van der Waals surface area contributed by atoms with Crippen molar-refractivity contribution in [2.24, 2.45) is 35.5 Å². The first kappa shape index (κ1) is 13.7. The maximum absolute atomic E-state index is 12.7. The molecule has 4 aliphatic rings. The van der Waals surface area contributed by atoms with Gasteiger partial charge in [-0.3, -0.25) is 14.5 Å². The summed E-state index contributed by atoms with van der Waals surface area (Å²) in [6.07, 6.45) is 7.79. The van der Waals surface area contributed by atoms with E-state index in [0.29, 0.717) is 24.3 Å². The normalized spacial score (nSPS) is 45.5. The lowest BCUT2D eigenvalue weighted by atomic mass is 9.79. The van der Waals surface area contributed by atoms with Crippen LogP contribution in [0.1, 0.15) is 44.9 Å². The molecule has 21 heavy (non-hydrogen) atoms. The van der Waals surface area contributed by atoms with Gasteiger partial charge in [-0.25, -0.2) is 0 Å². The van der Waals surface area contributed by atoms with Gasteiger partial charge >= 0.3 is 0 Å². The first-order valence-electron chi connectivity index (χ1n) is 8.66. The summed E-state index contributed by atoms with van der Waals surface area (Å²) < 4.78 is 0. The SMILES string of the molecule is O=C1[C@@H]2[C@@H]3CC[C@H](C3)[C@@H]2C(=O)N1CC1CCCC[C@H]1CO. The average molecular weight is 291 g/mol. The lowest BCUT2D eigenvalue weighted by Crippen LogP contribution is -2.40. The zero-order valence-electron chi connectivity index (χ0n) is 12.5. The molecule has 1 aliphatic heterocycles. The number of hydrogen-bond acceptors (Lipinski definition) is 3. The number of amides is 2. The Hall–Kier alpha value is -0.900. The number of aliphatic hydroxyl groups is 1. The van der Waals surface area contributed by atoms with E-state index in [1.54, 1.807) is 4.90 Å². The van der Waals surface area contributed by atoms with E-state index in [0.717, 1.165) is 38.5 Å². The molecule has 116 valence electrons. The molecule has 2 amide bonds. The largest absolute Gasteiger partial charge is 0.396 e. The molecule has 1 heterocycles. The first-order chi connectivity index (χ1) is 10.2. The molecule has 3 saturated carbocycles. The van der Waals surface area contributed by atoms with Crippen LogP contribution in [-0.4, -0.2) is 35.0 Å². The lowest BCUT2D eigenvalue weighted by molar-refractivity contribution is -0.142. The lowest BCUT2D eigenvalue weighted by Gasteiger charge is -2.33. The molecule has 1 unspecified atom stereocenters. The zero-order chi connectivity index (χ0) is 14.6. The van der Waals surface area contributed by atoms with Crippen LogP contribution in [0.4, 0.5) is 0 Å². The van der Waals surface area contributed by atoms with E-state index in [4.69, 9.17) is 0 Å². The number of imide groups is 1. The smallest absolute Gasteiger partial charge is 0.233 e. The summed E-state index contributed by atoms with van der Waals surface area (Å²) in [4.78, 5) is 27.0. The van der Waals surface area contributed by atoms with E-state index in [1.807, 2.05) is 0 Å². The van der Waals surface area contributed by atoms with Crippen molar-refractivity contribution < 1.29 is 14.7 Å². The van der Waals surface area contributed by atoms with Gasteiger partial charge in [-0.2, -0.15) is 0 Å². The first-order valence-corrected chi connectivity index (χ1v) is 8.66. The number of aliphatic hydroxyl groups excluding tert-OH is 1. The minimum Gasteiger partial charge on any atom is -0.396 e. The van der Waals surface area contributed by atoms with Crippen LogP contribution >= 0.6 is 0 Å². The summed E-state index contributed by atoms with van der Waals surface area (Å²) in [5, 5.41) is 9.53. The third-order valence-electron chi connectivity index (χ3n) is 6.74. The maximum Gasteiger partial charge on any atom is 0.233 e. The van der Waals surface area contributed by atoms with Crippen LogP contribution < -0.4 is 0 Å². The fourth-order valence-electron chi connectivity index (χ4n) is 5.65. The summed E-state index contributed by atoms with van der Waals surface area (Å²) >= 11 is 0. The third-order valence-corrected chi connectivity index (χ3v) is 6.74. The Labute approximate surface area is 125 Å². The Morgan fingerprint density at radius 2 is 1.48 bits per heavy atom. The molecule has 4 nitrogen and oxygen atoms in total. The monoisotopic (exact) mass is 291 g/mol. The van der Waals surface area contributed by atoms with Crippen molar-refractivity contribution in [1.29, 1.82) is 0 Å². The van der Waals surface area contributed by atoms with Gasteiger partial charge in [-0.05, 0) is 55.8 Å². The molecular weight excluding hydrogens is 266 g/mol. The summed E-state index contributed by atoms with van der Waals surface area (Å²) in [5.41, 5.74) is 0. The van der Waals surface area contributed by atoms with Crippen LogP contribution in [0.3, 0.4) is 0 Å². The van der Waals surface area contributed by atoms with Crippen LogP contribution in [0, 0.1) is 35.5 Å². The molecule has 0 spiro atoms. The molecule has 1 N–H and O–H groups in total. The fraction of sp³-hybridized carbons (Fsp3) is 0.882. The molecule has 0 aromatic rings. The third kappa shape index (κ3) is 1.98. The minimum atomic E-state index is 0.00687. The van der Waals surface area contributed by atoms with Gasteiger partial charge < -0.3 is 5.11 Å². The van der Waals surface area contributed by atoms with Gasteiger partial charge in [0.05, 0.1) is 11.8 Å². The van der Waals surface area contributed by atoms with Gasteiger partial charge in [-0.15, -0.1) is 0 Å². The van der Waals surface area contributed by atoms with Crippen LogP contribution in [-0.2, 0) is 9.59 Å². The number of carbonyl (C=O) groups is 2. The Bertz CT molecular complexity index is 435. The maximum atomic E-state index is 12.7. The molecule has 0 aromatic carbocycles. The summed E-state index contributed by atoms with van der Waals surface area (Å²) in [6, 6.07) is 0. The quantitative estimate of drug-likeness (QED) is 0.807. The van der Waals surface area contributed by atoms with Crippen LogP contribution in [0.2, 0.25) is 0 Å². The highest BCUT2D eigenvalue weighted by molar-refractivity contribution is 6.06. The van der Waals surface area contributed by atoms with Gasteiger partial charge in [0.1, 0.15) is 0 Å². The van der Waals surface area contributed by atoms with Gasteiger partial charge in [0.25, 0.3) is 0 Å². The highest BCUT2D eigenvalue weighted by Gasteiger charge is 2.60. The van der Waals surface area contributed by atoms with E-state index in [2.05, 4.69) is 0 Å². The number of rotatable bonds is 3. The average Bonchev–Trinajstić information content (AvgIpc) is 3.17. The van der Waals surface area contributed by atoms with Gasteiger partial charge in [-0.1, -0.05) is 12.8 Å². The van der Waals surface area contributed by atoms with E-state index < -0.39 is 0 Å². The number of carbonyl (C=O) groups excluding carboxylic acids is 2. The van der Waals surface area contributed by atoms with Crippen molar-refractivity contribution in [2.75, 3.05) is 13.2 Å². The van der Waals surface area contributed by atoms with Crippen molar-refractivity contribution >= 4 is 11.8 Å². The molecule has 6 atom stereocenters. The second-order valence-electron chi connectivity index (χ2n) is 7.66. The van der Waals surface area contributed by atoms with Crippen molar-refractivity contribution in [2.45, 2.75) is 44.9 Å². The summed E-state index contributed by atoms with van der Waals surface area (Å²) in [6.45, 7) is 0.758. The molecule has 4 fully saturated rings. The van der Waals surface area contributed by atoms with E-state index >= 15 is 0 Å². The van der Waals surface area contributed by atoms with Crippen LogP contribution in [0.25, 0.3) is 0 Å². The second kappa shape index (κ2) is 5.08. The Balaban J connectivity index is 1.51. The number of likely N-dealkylation sites (tertiary alicyclic amines) is 1. The predicted octanol–water partition coefficient (Wildman–Crippen LogP) is 1.82. The van der Waals surface area contributed by atoms with Gasteiger partial charge in [0.15, 0.2) is 0 Å². The molecule has 4 heteroatoms. The predicted molar refractivity (Wildman–Crippen MR) is 77.1 cm³/mol. The Kier molecular flexibility index (Phi) is 3.32. The summed E-state index contributed by atoms with van der Waals surface area (Å²) in [5.74, 6) is 1.77. The fourth-order valence-corrected chi connectivity index (χ4v) is 5.65. The highest BCUT2D eigenvalue weighted by Crippen LogP contribution is 2.56. The van der Waals surface area contributed by atoms with Gasteiger partial charge in [0.2, 0.25) is 11.8 Å².